The minimum Gasteiger partial charge on any atom is -0.475 e. The van der Waals surface area contributed by atoms with Gasteiger partial charge in [0.1, 0.15) is 5.82 Å². The summed E-state index contributed by atoms with van der Waals surface area (Å²) in [7, 11) is 1.74. The molecule has 3 aromatic rings. The van der Waals surface area contributed by atoms with E-state index in [2.05, 4.69) is 5.32 Å². The summed E-state index contributed by atoms with van der Waals surface area (Å²) in [6, 6.07) is 9.68. The van der Waals surface area contributed by atoms with E-state index in [4.69, 9.17) is 9.90 Å². The molecule has 212 valence electrons. The van der Waals surface area contributed by atoms with E-state index in [1.54, 1.807) is 16.2 Å². The number of hydrogen-bond acceptors (Lipinski definition) is 3. The van der Waals surface area contributed by atoms with Crippen molar-refractivity contribution in [2.24, 2.45) is 13.0 Å². The summed E-state index contributed by atoms with van der Waals surface area (Å²) in [5, 5.41) is 9.89. The number of carbonyl (C=O) groups excluding carboxylic acids is 1. The number of carboxylic acids is 1. The van der Waals surface area contributed by atoms with Gasteiger partial charge in [-0.25, -0.2) is 14.0 Å². The van der Waals surface area contributed by atoms with Crippen LogP contribution in [0.15, 0.2) is 47.3 Å². The molecule has 1 aliphatic carbocycles. The third-order valence-electron chi connectivity index (χ3n) is 6.45. The van der Waals surface area contributed by atoms with Crippen molar-refractivity contribution in [3.05, 3.63) is 69.9 Å². The van der Waals surface area contributed by atoms with Gasteiger partial charge < -0.3 is 10.4 Å². The summed E-state index contributed by atoms with van der Waals surface area (Å²) in [5.74, 6) is -4.55. The van der Waals surface area contributed by atoms with E-state index < -0.39 is 35.6 Å². The van der Waals surface area contributed by atoms with Crippen LogP contribution in [0, 0.1) is 11.7 Å². The summed E-state index contributed by atoms with van der Waals surface area (Å²) in [6.07, 6.45) is -7.08. The van der Waals surface area contributed by atoms with E-state index in [1.165, 1.54) is 0 Å². The van der Waals surface area contributed by atoms with Crippen LogP contribution in [0.1, 0.15) is 41.6 Å². The number of alkyl halides is 6. The Morgan fingerprint density at radius 2 is 1.54 bits per heavy atom. The Morgan fingerprint density at radius 1 is 0.974 bits per heavy atom. The number of aromatic nitrogens is 2. The average Bonchev–Trinajstić information content (AvgIpc) is 3.09. The number of aryl methyl sites for hydroxylation is 1. The highest BCUT2D eigenvalue weighted by molar-refractivity contribution is 5.94. The van der Waals surface area contributed by atoms with Crippen molar-refractivity contribution in [3.63, 3.8) is 0 Å². The SMILES string of the molecule is Cn1c(=O)n(CC2CCC(NC(=O)c3ccc(F)c(C(F)(F)F)c3)CC2)c2ccccc21.O=C(O)C(F)(F)F. The maximum absolute atomic E-state index is 13.5. The van der Waals surface area contributed by atoms with Gasteiger partial charge in [-0.3, -0.25) is 13.9 Å². The highest BCUT2D eigenvalue weighted by atomic mass is 19.4. The van der Waals surface area contributed by atoms with Crippen molar-refractivity contribution < 1.29 is 45.4 Å². The lowest BCUT2D eigenvalue weighted by Gasteiger charge is -2.29. The van der Waals surface area contributed by atoms with Crippen LogP contribution in [-0.4, -0.2) is 38.3 Å². The van der Waals surface area contributed by atoms with Crippen LogP contribution in [0.25, 0.3) is 11.0 Å². The molecule has 0 aliphatic heterocycles. The first-order chi connectivity index (χ1) is 18.1. The smallest absolute Gasteiger partial charge is 0.475 e. The maximum Gasteiger partial charge on any atom is 0.490 e. The number of hydrogen-bond donors (Lipinski definition) is 2. The number of benzene rings is 2. The van der Waals surface area contributed by atoms with E-state index >= 15 is 0 Å². The Hall–Kier alpha value is -3.84. The molecule has 0 spiro atoms. The molecule has 0 radical (unpaired) electrons. The van der Waals surface area contributed by atoms with Crippen molar-refractivity contribution in [1.82, 2.24) is 14.5 Å². The van der Waals surface area contributed by atoms with Crippen molar-refractivity contribution in [2.75, 3.05) is 0 Å². The highest BCUT2D eigenvalue weighted by Gasteiger charge is 2.38. The summed E-state index contributed by atoms with van der Waals surface area (Å²) >= 11 is 0. The number of imidazole rings is 1. The first kappa shape index (κ1) is 29.7. The largest absolute Gasteiger partial charge is 0.490 e. The molecule has 7 nitrogen and oxygen atoms in total. The van der Waals surface area contributed by atoms with E-state index in [9.17, 15) is 40.3 Å². The van der Waals surface area contributed by atoms with Gasteiger partial charge in [0.15, 0.2) is 0 Å². The molecule has 1 amide bonds. The number of carboxylic acid groups (broad SMARTS) is 1. The number of para-hydroxylation sites is 2. The quantitative estimate of drug-likeness (QED) is 0.431. The third kappa shape index (κ3) is 7.18. The van der Waals surface area contributed by atoms with Crippen molar-refractivity contribution >= 4 is 22.9 Å². The maximum atomic E-state index is 13.5. The molecule has 4 rings (SSSR count). The molecule has 0 atom stereocenters. The van der Waals surface area contributed by atoms with Gasteiger partial charge in [0, 0.05) is 25.2 Å². The first-order valence-corrected chi connectivity index (χ1v) is 11.7. The van der Waals surface area contributed by atoms with Gasteiger partial charge in [-0.2, -0.15) is 26.3 Å². The van der Waals surface area contributed by atoms with Crippen molar-refractivity contribution in [3.8, 4) is 0 Å². The minimum absolute atomic E-state index is 0.0709. The minimum atomic E-state index is -5.08. The van der Waals surface area contributed by atoms with Crippen LogP contribution in [0.3, 0.4) is 0 Å². The average molecular weight is 563 g/mol. The second-order valence-electron chi connectivity index (χ2n) is 9.13. The van der Waals surface area contributed by atoms with Gasteiger partial charge >= 0.3 is 24.0 Å². The molecule has 2 aromatic carbocycles. The number of carbonyl (C=O) groups is 2. The predicted octanol–water partition coefficient (Wildman–Crippen LogP) is 5.12. The number of halogens is 7. The van der Waals surface area contributed by atoms with E-state index in [0.717, 1.165) is 29.9 Å². The predicted molar refractivity (Wildman–Crippen MR) is 125 cm³/mol. The Kier molecular flexibility index (Phi) is 8.76. The number of amides is 1. The Bertz CT molecular complexity index is 1400. The molecular weight excluding hydrogens is 539 g/mol. The molecule has 1 heterocycles. The van der Waals surface area contributed by atoms with E-state index in [-0.39, 0.29) is 23.2 Å². The van der Waals surface area contributed by atoms with Crippen LogP contribution >= 0.6 is 0 Å². The molecule has 0 bridgehead atoms. The van der Waals surface area contributed by atoms with Crippen LogP contribution < -0.4 is 11.0 Å². The molecule has 1 aliphatic rings. The summed E-state index contributed by atoms with van der Waals surface area (Å²) in [6.45, 7) is 0.577. The van der Waals surface area contributed by atoms with Crippen LogP contribution in [0.5, 0.6) is 0 Å². The van der Waals surface area contributed by atoms with E-state index in [0.29, 0.717) is 31.5 Å². The highest BCUT2D eigenvalue weighted by Crippen LogP contribution is 2.32. The summed E-state index contributed by atoms with van der Waals surface area (Å²) < 4.78 is 87.3. The van der Waals surface area contributed by atoms with E-state index in [1.807, 2.05) is 24.3 Å². The number of rotatable bonds is 4. The van der Waals surface area contributed by atoms with Gasteiger partial charge in [0.05, 0.1) is 16.6 Å². The Balaban J connectivity index is 0.000000532. The topological polar surface area (TPSA) is 93.3 Å². The fraction of sp³-hybridized carbons (Fsp3) is 0.400. The molecule has 1 saturated carbocycles. The first-order valence-electron chi connectivity index (χ1n) is 11.7. The molecule has 39 heavy (non-hydrogen) atoms. The molecule has 2 N–H and O–H groups in total. The van der Waals surface area contributed by atoms with Gasteiger partial charge in [0.2, 0.25) is 0 Å². The number of nitrogens with one attached hydrogen (secondary N) is 1. The molecular formula is C25H24F7N3O4. The molecule has 1 aromatic heterocycles. The van der Waals surface area contributed by atoms with Crippen LogP contribution in [-0.2, 0) is 24.6 Å². The molecule has 1 fully saturated rings. The lowest BCUT2D eigenvalue weighted by Crippen LogP contribution is -2.38. The second-order valence-corrected chi connectivity index (χ2v) is 9.13. The lowest BCUT2D eigenvalue weighted by molar-refractivity contribution is -0.192. The number of nitrogens with zero attached hydrogens (tertiary/aromatic N) is 2. The van der Waals surface area contributed by atoms with Crippen molar-refractivity contribution in [1.29, 1.82) is 0 Å². The molecule has 14 heteroatoms. The van der Waals surface area contributed by atoms with Gasteiger partial charge in [-0.15, -0.1) is 0 Å². The second kappa shape index (κ2) is 11.5. The summed E-state index contributed by atoms with van der Waals surface area (Å²) in [4.78, 5) is 33.9. The molecule has 0 unspecified atom stereocenters. The third-order valence-corrected chi connectivity index (χ3v) is 6.45. The van der Waals surface area contributed by atoms with Gasteiger partial charge in [-0.05, 0) is 61.9 Å². The zero-order valence-corrected chi connectivity index (χ0v) is 20.4. The standard InChI is InChI=1S/C23H23F4N3O2.C2HF3O2/c1-29-19-4-2-3-5-20(19)30(22(29)32)13-14-6-9-16(10-7-14)28-21(31)15-8-11-18(24)17(12-15)23(25,26)27;3-2(4,5)1(6)7/h2-5,8,11-12,14,16H,6-7,9-10,13H2,1H3,(H,28,31);(H,6,7). The zero-order chi connectivity index (χ0) is 29.1. The van der Waals surface area contributed by atoms with Crippen LogP contribution in [0.4, 0.5) is 30.7 Å². The summed E-state index contributed by atoms with van der Waals surface area (Å²) in [5.41, 5.74) is 0.0131. The lowest BCUT2D eigenvalue weighted by atomic mass is 9.85. The monoisotopic (exact) mass is 563 g/mol. The van der Waals surface area contributed by atoms with Crippen LogP contribution in [0.2, 0.25) is 0 Å². The fourth-order valence-corrected chi connectivity index (χ4v) is 4.44. The van der Waals surface area contributed by atoms with Gasteiger partial charge in [-0.1, -0.05) is 12.1 Å². The number of aliphatic carboxylic acids is 1. The Morgan fingerprint density at radius 3 is 2.08 bits per heavy atom. The zero-order valence-electron chi connectivity index (χ0n) is 20.4. The van der Waals surface area contributed by atoms with Crippen molar-refractivity contribution in [2.45, 2.75) is 50.6 Å². The number of fused-ring (bicyclic) bond motifs is 1. The molecule has 0 saturated heterocycles. The Labute approximate surface area is 216 Å². The normalized spacial score (nSPS) is 17.8. The van der Waals surface area contributed by atoms with Gasteiger partial charge in [0.25, 0.3) is 5.91 Å². The fourth-order valence-electron chi connectivity index (χ4n) is 4.44.